The first-order chi connectivity index (χ1) is 5.85. The maximum atomic E-state index is 8.95. The van der Waals surface area contributed by atoms with E-state index in [0.717, 1.165) is 12.5 Å². The van der Waals surface area contributed by atoms with Crippen molar-refractivity contribution in [2.75, 3.05) is 13.7 Å². The molecule has 0 radical (unpaired) electrons. The van der Waals surface area contributed by atoms with Gasteiger partial charge in [-0.25, -0.2) is 0 Å². The Morgan fingerprint density at radius 1 is 1.42 bits per heavy atom. The average Bonchev–Trinajstić information content (AvgIpc) is 2.19. The van der Waals surface area contributed by atoms with Crippen molar-refractivity contribution in [1.29, 1.82) is 0 Å². The SMILES string of the molecule is COC=O.NCC1CCCCC1. The molecule has 3 nitrogen and oxygen atoms in total. The van der Waals surface area contributed by atoms with E-state index in [1.165, 1.54) is 39.2 Å². The molecular weight excluding hydrogens is 154 g/mol. The van der Waals surface area contributed by atoms with Crippen LogP contribution in [0.5, 0.6) is 0 Å². The molecule has 1 aliphatic rings. The molecule has 0 aromatic rings. The molecule has 0 amide bonds. The summed E-state index contributed by atoms with van der Waals surface area (Å²) in [7, 11) is 1.31. The van der Waals surface area contributed by atoms with Gasteiger partial charge in [0.2, 0.25) is 0 Å². The molecule has 0 heterocycles. The predicted molar refractivity (Wildman–Crippen MR) is 48.7 cm³/mol. The Balaban J connectivity index is 0.000000261. The van der Waals surface area contributed by atoms with Gasteiger partial charge in [0.1, 0.15) is 0 Å². The van der Waals surface area contributed by atoms with Crippen molar-refractivity contribution >= 4 is 6.47 Å². The Hall–Kier alpha value is -0.570. The summed E-state index contributed by atoms with van der Waals surface area (Å²) in [6, 6.07) is 0. The predicted octanol–water partition coefficient (Wildman–Crippen LogP) is 1.31. The minimum absolute atomic E-state index is 0.375. The maximum absolute atomic E-state index is 8.95. The lowest BCUT2D eigenvalue weighted by atomic mass is 9.90. The molecular formula is C9H19NO2. The van der Waals surface area contributed by atoms with E-state index in [2.05, 4.69) is 4.74 Å². The molecule has 0 aromatic heterocycles. The molecule has 0 aliphatic heterocycles. The highest BCUT2D eigenvalue weighted by Gasteiger charge is 2.09. The topological polar surface area (TPSA) is 52.3 Å². The number of hydrogen-bond donors (Lipinski definition) is 1. The number of hydrogen-bond acceptors (Lipinski definition) is 3. The molecule has 0 aromatic carbocycles. The van der Waals surface area contributed by atoms with E-state index in [1.807, 2.05) is 0 Å². The Kier molecular flexibility index (Phi) is 8.12. The number of carbonyl (C=O) groups is 1. The summed E-state index contributed by atoms with van der Waals surface area (Å²) in [5.41, 5.74) is 5.50. The fraction of sp³-hybridized carbons (Fsp3) is 0.889. The van der Waals surface area contributed by atoms with Crippen molar-refractivity contribution in [2.45, 2.75) is 32.1 Å². The summed E-state index contributed by atoms with van der Waals surface area (Å²) in [6.45, 7) is 1.29. The van der Waals surface area contributed by atoms with Gasteiger partial charge in [0.05, 0.1) is 7.11 Å². The lowest BCUT2D eigenvalue weighted by molar-refractivity contribution is -0.126. The van der Waals surface area contributed by atoms with Crippen LogP contribution in [-0.2, 0) is 9.53 Å². The number of methoxy groups -OCH3 is 1. The zero-order chi connectivity index (χ0) is 9.23. The Bertz CT molecular complexity index is 101. The van der Waals surface area contributed by atoms with E-state index < -0.39 is 0 Å². The first-order valence-electron chi connectivity index (χ1n) is 4.51. The highest BCUT2D eigenvalue weighted by Crippen LogP contribution is 2.21. The van der Waals surface area contributed by atoms with Gasteiger partial charge >= 0.3 is 0 Å². The van der Waals surface area contributed by atoms with Crippen LogP contribution >= 0.6 is 0 Å². The summed E-state index contributed by atoms with van der Waals surface area (Å²) in [6.07, 6.45) is 7.05. The zero-order valence-electron chi connectivity index (χ0n) is 7.79. The third-order valence-corrected chi connectivity index (χ3v) is 2.15. The lowest BCUT2D eigenvalue weighted by Crippen LogP contribution is -2.16. The van der Waals surface area contributed by atoms with Gasteiger partial charge in [-0.05, 0) is 25.3 Å². The molecule has 12 heavy (non-hydrogen) atoms. The van der Waals surface area contributed by atoms with Gasteiger partial charge < -0.3 is 10.5 Å². The molecule has 0 unspecified atom stereocenters. The van der Waals surface area contributed by atoms with Crippen molar-refractivity contribution in [3.63, 3.8) is 0 Å². The van der Waals surface area contributed by atoms with Gasteiger partial charge in [-0.15, -0.1) is 0 Å². The average molecular weight is 173 g/mol. The van der Waals surface area contributed by atoms with Crippen LogP contribution in [0.15, 0.2) is 0 Å². The smallest absolute Gasteiger partial charge is 0.292 e. The van der Waals surface area contributed by atoms with Crippen LogP contribution in [0.3, 0.4) is 0 Å². The lowest BCUT2D eigenvalue weighted by Gasteiger charge is -2.18. The molecule has 2 N–H and O–H groups in total. The van der Waals surface area contributed by atoms with Gasteiger partial charge in [0.25, 0.3) is 6.47 Å². The number of rotatable bonds is 2. The van der Waals surface area contributed by atoms with Crippen LogP contribution < -0.4 is 5.73 Å². The summed E-state index contributed by atoms with van der Waals surface area (Å²) >= 11 is 0. The second kappa shape index (κ2) is 8.53. The monoisotopic (exact) mass is 173 g/mol. The van der Waals surface area contributed by atoms with E-state index in [-0.39, 0.29) is 0 Å². The number of carbonyl (C=O) groups excluding carboxylic acids is 1. The standard InChI is InChI=1S/C7H15N.C2H4O2/c8-6-7-4-2-1-3-5-7;1-4-2-3/h7H,1-6,8H2;2H,1H3. The summed E-state index contributed by atoms with van der Waals surface area (Å²) in [5, 5.41) is 0. The molecule has 0 bridgehead atoms. The largest absolute Gasteiger partial charge is 0.471 e. The second-order valence-electron chi connectivity index (χ2n) is 3.07. The van der Waals surface area contributed by atoms with Crippen LogP contribution in [0.1, 0.15) is 32.1 Å². The highest BCUT2D eigenvalue weighted by atomic mass is 16.5. The zero-order valence-corrected chi connectivity index (χ0v) is 7.79. The first-order valence-corrected chi connectivity index (χ1v) is 4.51. The highest BCUT2D eigenvalue weighted by molar-refractivity contribution is 5.36. The van der Waals surface area contributed by atoms with Crippen LogP contribution in [0.2, 0.25) is 0 Å². The van der Waals surface area contributed by atoms with Crippen molar-refractivity contribution in [3.8, 4) is 0 Å². The van der Waals surface area contributed by atoms with E-state index in [4.69, 9.17) is 10.5 Å². The molecule has 0 atom stereocenters. The molecule has 0 spiro atoms. The third-order valence-electron chi connectivity index (χ3n) is 2.15. The molecule has 1 aliphatic carbocycles. The Morgan fingerprint density at radius 2 is 1.92 bits per heavy atom. The Labute approximate surface area is 74.3 Å². The van der Waals surface area contributed by atoms with Crippen molar-refractivity contribution in [3.05, 3.63) is 0 Å². The molecule has 1 rings (SSSR count). The maximum Gasteiger partial charge on any atom is 0.292 e. The van der Waals surface area contributed by atoms with Gasteiger partial charge in [-0.1, -0.05) is 19.3 Å². The van der Waals surface area contributed by atoms with Gasteiger partial charge in [-0.2, -0.15) is 0 Å². The quantitative estimate of drug-likeness (QED) is 0.641. The van der Waals surface area contributed by atoms with Crippen molar-refractivity contribution in [2.24, 2.45) is 11.7 Å². The van der Waals surface area contributed by atoms with Crippen LogP contribution in [0.25, 0.3) is 0 Å². The fourth-order valence-corrected chi connectivity index (χ4v) is 1.42. The normalized spacial score (nSPS) is 17.5. The first kappa shape index (κ1) is 11.4. The molecule has 1 saturated carbocycles. The molecule has 72 valence electrons. The van der Waals surface area contributed by atoms with Crippen molar-refractivity contribution < 1.29 is 9.53 Å². The molecule has 1 fully saturated rings. The summed E-state index contributed by atoms with van der Waals surface area (Å²) in [5.74, 6) is 0.865. The number of ether oxygens (including phenoxy) is 1. The van der Waals surface area contributed by atoms with E-state index in [1.54, 1.807) is 0 Å². The van der Waals surface area contributed by atoms with Crippen LogP contribution in [-0.4, -0.2) is 20.1 Å². The minimum atomic E-state index is 0.375. The van der Waals surface area contributed by atoms with E-state index in [9.17, 15) is 0 Å². The third kappa shape index (κ3) is 6.16. The number of nitrogens with two attached hydrogens (primary N) is 1. The van der Waals surface area contributed by atoms with E-state index >= 15 is 0 Å². The second-order valence-corrected chi connectivity index (χ2v) is 3.07. The minimum Gasteiger partial charge on any atom is -0.471 e. The van der Waals surface area contributed by atoms with E-state index in [0.29, 0.717) is 6.47 Å². The summed E-state index contributed by atoms with van der Waals surface area (Å²) in [4.78, 5) is 8.95. The summed E-state index contributed by atoms with van der Waals surface area (Å²) < 4.78 is 3.86. The Morgan fingerprint density at radius 3 is 2.17 bits per heavy atom. The van der Waals surface area contributed by atoms with Crippen LogP contribution in [0, 0.1) is 5.92 Å². The van der Waals surface area contributed by atoms with Gasteiger partial charge in [-0.3, -0.25) is 4.79 Å². The molecule has 0 saturated heterocycles. The van der Waals surface area contributed by atoms with Gasteiger partial charge in [0, 0.05) is 0 Å². The van der Waals surface area contributed by atoms with Crippen molar-refractivity contribution in [1.82, 2.24) is 0 Å². The fourth-order valence-electron chi connectivity index (χ4n) is 1.42. The van der Waals surface area contributed by atoms with Gasteiger partial charge in [0.15, 0.2) is 0 Å². The molecule has 3 heteroatoms. The van der Waals surface area contributed by atoms with Crippen LogP contribution in [0.4, 0.5) is 0 Å².